The number of halogens is 1. The van der Waals surface area contributed by atoms with E-state index in [1.54, 1.807) is 18.2 Å². The molecule has 0 bridgehead atoms. The average Bonchev–Trinajstić information content (AvgIpc) is 2.06. The molecule has 0 unspecified atom stereocenters. The van der Waals surface area contributed by atoms with Crippen molar-refractivity contribution < 1.29 is 12.6 Å². The summed E-state index contributed by atoms with van der Waals surface area (Å²) in [4.78, 5) is 0. The molecule has 1 aromatic carbocycles. The SMILES string of the molecule is O=S(=O)([CH-]Cl)Oc1ccccc1. The lowest BCUT2D eigenvalue weighted by molar-refractivity contribution is 0.495. The van der Waals surface area contributed by atoms with Gasteiger partial charge in [-0.1, -0.05) is 23.4 Å². The van der Waals surface area contributed by atoms with Crippen LogP contribution in [0.2, 0.25) is 0 Å². The van der Waals surface area contributed by atoms with Crippen LogP contribution in [-0.2, 0) is 10.1 Å². The Kier molecular flexibility index (Phi) is 2.94. The van der Waals surface area contributed by atoms with Gasteiger partial charge in [-0.2, -0.15) is 0 Å². The van der Waals surface area contributed by atoms with E-state index in [1.807, 2.05) is 0 Å². The van der Waals surface area contributed by atoms with Crippen molar-refractivity contribution in [3.8, 4) is 5.75 Å². The van der Waals surface area contributed by atoms with Gasteiger partial charge in [0, 0.05) is 0 Å². The monoisotopic (exact) mass is 205 g/mol. The molecule has 0 heterocycles. The lowest BCUT2D eigenvalue weighted by Crippen LogP contribution is -2.06. The van der Waals surface area contributed by atoms with Gasteiger partial charge in [0.2, 0.25) is 0 Å². The number of para-hydroxylation sites is 1. The minimum atomic E-state index is -3.73. The highest BCUT2D eigenvalue weighted by Gasteiger charge is 1.99. The van der Waals surface area contributed by atoms with E-state index in [0.29, 0.717) is 5.21 Å². The van der Waals surface area contributed by atoms with Gasteiger partial charge in [-0.3, -0.25) is 0 Å². The molecule has 3 nitrogen and oxygen atoms in total. The number of hydrogen-bond donors (Lipinski definition) is 0. The van der Waals surface area contributed by atoms with Crippen LogP contribution >= 0.6 is 11.6 Å². The quantitative estimate of drug-likeness (QED) is 0.558. The molecule has 0 aliphatic carbocycles. The molecular formula is C7H6ClO3S-. The number of rotatable bonds is 3. The lowest BCUT2D eigenvalue weighted by atomic mass is 10.3. The van der Waals surface area contributed by atoms with E-state index < -0.39 is 10.1 Å². The minimum absolute atomic E-state index is 0.245. The van der Waals surface area contributed by atoms with Crippen LogP contribution in [0.1, 0.15) is 0 Å². The molecule has 12 heavy (non-hydrogen) atoms. The predicted octanol–water partition coefficient (Wildman–Crippen LogP) is 1.75. The van der Waals surface area contributed by atoms with Gasteiger partial charge in [0.05, 0.1) is 0 Å². The topological polar surface area (TPSA) is 43.4 Å². The van der Waals surface area contributed by atoms with E-state index in [0.717, 1.165) is 0 Å². The molecule has 0 atom stereocenters. The maximum Gasteiger partial charge on any atom is 0.191 e. The molecule has 0 aliphatic rings. The van der Waals surface area contributed by atoms with Gasteiger partial charge in [0.1, 0.15) is 5.75 Å². The van der Waals surface area contributed by atoms with Gasteiger partial charge in [-0.15, -0.1) is 0 Å². The molecule has 5 heteroatoms. The first-order valence-corrected chi connectivity index (χ1v) is 4.98. The van der Waals surface area contributed by atoms with E-state index in [-0.39, 0.29) is 5.75 Å². The third-order valence-corrected chi connectivity index (χ3v) is 2.36. The van der Waals surface area contributed by atoms with Gasteiger partial charge in [-0.05, 0) is 12.1 Å². The van der Waals surface area contributed by atoms with Crippen molar-refractivity contribution in [1.29, 1.82) is 0 Å². The van der Waals surface area contributed by atoms with Crippen LogP contribution in [0.25, 0.3) is 0 Å². The van der Waals surface area contributed by atoms with E-state index in [2.05, 4.69) is 4.18 Å². The summed E-state index contributed by atoms with van der Waals surface area (Å²) >= 11 is 5.01. The second-order valence-corrected chi connectivity index (χ2v) is 3.84. The minimum Gasteiger partial charge on any atom is -0.404 e. The fraction of sp³-hybridized carbons (Fsp3) is 0. The van der Waals surface area contributed by atoms with Crippen molar-refractivity contribution >= 4 is 21.7 Å². The summed E-state index contributed by atoms with van der Waals surface area (Å²) < 4.78 is 26.1. The smallest absolute Gasteiger partial charge is 0.191 e. The van der Waals surface area contributed by atoms with E-state index >= 15 is 0 Å². The molecule has 0 radical (unpaired) electrons. The summed E-state index contributed by atoms with van der Waals surface area (Å²) in [6, 6.07) is 8.14. The largest absolute Gasteiger partial charge is 0.404 e. The standard InChI is InChI=1S/C7H6ClO3S/c8-6-12(9,10)11-7-4-2-1-3-5-7/h1-6H/q-1. The normalized spacial score (nSPS) is 11.1. The van der Waals surface area contributed by atoms with Gasteiger partial charge < -0.3 is 15.8 Å². The third-order valence-electron chi connectivity index (χ3n) is 1.06. The van der Waals surface area contributed by atoms with E-state index in [4.69, 9.17) is 11.6 Å². The molecule has 0 amide bonds. The summed E-state index contributed by atoms with van der Waals surface area (Å²) in [5.41, 5.74) is 0. The summed E-state index contributed by atoms with van der Waals surface area (Å²) in [6.45, 7) is 0. The maximum atomic E-state index is 10.8. The first kappa shape index (κ1) is 9.35. The molecule has 0 saturated carbocycles. The predicted molar refractivity (Wildman–Crippen MR) is 46.1 cm³/mol. The van der Waals surface area contributed by atoms with E-state index in [9.17, 15) is 8.42 Å². The van der Waals surface area contributed by atoms with Crippen molar-refractivity contribution in [3.05, 3.63) is 35.5 Å². The van der Waals surface area contributed by atoms with E-state index in [1.165, 1.54) is 12.1 Å². The Balaban J connectivity index is 2.78. The van der Waals surface area contributed by atoms with Gasteiger partial charge in [0.15, 0.2) is 10.1 Å². The van der Waals surface area contributed by atoms with Crippen LogP contribution in [0.5, 0.6) is 5.75 Å². The Hall–Kier alpha value is -0.740. The zero-order valence-electron chi connectivity index (χ0n) is 5.98. The Morgan fingerprint density at radius 2 is 1.83 bits per heavy atom. The summed E-state index contributed by atoms with van der Waals surface area (Å²) in [5, 5.41) is 0.486. The third kappa shape index (κ3) is 2.71. The molecule has 0 fully saturated rings. The Labute approximate surface area is 76.0 Å². The summed E-state index contributed by atoms with van der Waals surface area (Å²) in [6.07, 6.45) is 0. The first-order valence-electron chi connectivity index (χ1n) is 3.07. The fourth-order valence-electron chi connectivity index (χ4n) is 0.628. The molecule has 0 spiro atoms. The average molecular weight is 206 g/mol. The highest BCUT2D eigenvalue weighted by Crippen LogP contribution is 2.13. The molecule has 0 N–H and O–H groups in total. The molecular weight excluding hydrogens is 200 g/mol. The molecule has 0 saturated heterocycles. The Bertz CT molecular complexity index is 333. The second-order valence-electron chi connectivity index (χ2n) is 1.98. The highest BCUT2D eigenvalue weighted by molar-refractivity contribution is 7.90. The van der Waals surface area contributed by atoms with Crippen molar-refractivity contribution in [2.75, 3.05) is 0 Å². The van der Waals surface area contributed by atoms with Crippen molar-refractivity contribution in [1.82, 2.24) is 0 Å². The Morgan fingerprint density at radius 3 is 2.33 bits per heavy atom. The fourth-order valence-corrected chi connectivity index (χ4v) is 1.15. The zero-order valence-corrected chi connectivity index (χ0v) is 7.55. The van der Waals surface area contributed by atoms with Crippen LogP contribution in [0, 0.1) is 5.21 Å². The van der Waals surface area contributed by atoms with Gasteiger partial charge >= 0.3 is 0 Å². The summed E-state index contributed by atoms with van der Waals surface area (Å²) in [7, 11) is -3.73. The van der Waals surface area contributed by atoms with Crippen LogP contribution in [0.15, 0.2) is 30.3 Å². The van der Waals surface area contributed by atoms with Crippen LogP contribution in [0.3, 0.4) is 0 Å². The Morgan fingerprint density at radius 1 is 1.25 bits per heavy atom. The second kappa shape index (κ2) is 3.78. The van der Waals surface area contributed by atoms with Crippen molar-refractivity contribution in [2.45, 2.75) is 0 Å². The van der Waals surface area contributed by atoms with Crippen molar-refractivity contribution in [3.63, 3.8) is 0 Å². The molecule has 1 rings (SSSR count). The maximum absolute atomic E-state index is 10.8. The molecule has 0 aromatic heterocycles. The van der Waals surface area contributed by atoms with Crippen molar-refractivity contribution in [2.24, 2.45) is 0 Å². The zero-order chi connectivity index (χ0) is 9.03. The first-order chi connectivity index (χ1) is 5.64. The van der Waals surface area contributed by atoms with Crippen LogP contribution in [-0.4, -0.2) is 8.42 Å². The lowest BCUT2D eigenvalue weighted by Gasteiger charge is -2.09. The summed E-state index contributed by atoms with van der Waals surface area (Å²) in [5.74, 6) is 0.245. The molecule has 1 aromatic rings. The van der Waals surface area contributed by atoms with Gasteiger partial charge in [-0.25, -0.2) is 8.42 Å². The number of hydrogen-bond acceptors (Lipinski definition) is 3. The molecule has 0 aliphatic heterocycles. The van der Waals surface area contributed by atoms with Gasteiger partial charge in [0.25, 0.3) is 0 Å². The molecule has 66 valence electrons. The number of benzene rings is 1. The highest BCUT2D eigenvalue weighted by atomic mass is 35.5. The van der Waals surface area contributed by atoms with Crippen LogP contribution in [0.4, 0.5) is 0 Å². The van der Waals surface area contributed by atoms with Crippen LogP contribution < -0.4 is 4.18 Å².